The second-order valence-electron chi connectivity index (χ2n) is 7.88. The topological polar surface area (TPSA) is 80.5 Å². The summed E-state index contributed by atoms with van der Waals surface area (Å²) in [7, 11) is 0. The highest BCUT2D eigenvalue weighted by molar-refractivity contribution is 5.74. The highest BCUT2D eigenvalue weighted by atomic mass is 16.5. The van der Waals surface area contributed by atoms with Crippen molar-refractivity contribution in [2.75, 3.05) is 19.6 Å². The second kappa shape index (κ2) is 10.1. The largest absolute Gasteiger partial charge is 0.484 e. The Morgan fingerprint density at radius 2 is 1.87 bits per heavy atom. The Morgan fingerprint density at radius 1 is 1.13 bits per heavy atom. The van der Waals surface area contributed by atoms with Gasteiger partial charge in [-0.15, -0.1) is 0 Å². The molecule has 162 valence electrons. The lowest BCUT2D eigenvalue weighted by Crippen LogP contribution is -2.44. The van der Waals surface area contributed by atoms with Gasteiger partial charge in [-0.1, -0.05) is 53.2 Å². The van der Waals surface area contributed by atoms with Gasteiger partial charge in [0.2, 0.25) is 0 Å². The summed E-state index contributed by atoms with van der Waals surface area (Å²) in [5, 5.41) is 7.15. The summed E-state index contributed by atoms with van der Waals surface area (Å²) in [6.45, 7) is 4.29. The Balaban J connectivity index is 1.19. The molecule has 0 atom stereocenters. The van der Waals surface area contributed by atoms with Crippen LogP contribution >= 0.6 is 0 Å². The van der Waals surface area contributed by atoms with E-state index in [1.54, 1.807) is 0 Å². The van der Waals surface area contributed by atoms with Gasteiger partial charge in [-0.05, 0) is 43.9 Å². The minimum absolute atomic E-state index is 0.00493. The zero-order valence-corrected chi connectivity index (χ0v) is 17.8. The van der Waals surface area contributed by atoms with E-state index in [1.165, 1.54) is 11.1 Å². The molecule has 7 nitrogen and oxygen atoms in total. The normalized spacial score (nSPS) is 14.4. The number of urea groups is 1. The number of nitrogens with zero attached hydrogens (tertiary/aromatic N) is 3. The number of aryl methyl sites for hydroxylation is 1. The lowest BCUT2D eigenvalue weighted by atomic mass is 9.96. The molecule has 3 aromatic rings. The molecule has 1 aromatic heterocycles. The molecular formula is C24H28N4O3. The van der Waals surface area contributed by atoms with Crippen molar-refractivity contribution in [3.05, 3.63) is 77.4 Å². The standard InChI is InChI=1S/C24H28N4O3/c1-18-7-9-21(10-8-18)30-17-22-26-23(27-31-22)20-12-15-28(16-13-20)24(29)25-14-11-19-5-3-2-4-6-19/h2-10,20H,11-17H2,1H3,(H,25,29). The quantitative estimate of drug-likeness (QED) is 0.623. The van der Waals surface area contributed by atoms with E-state index in [-0.39, 0.29) is 18.6 Å². The molecule has 0 radical (unpaired) electrons. The molecule has 31 heavy (non-hydrogen) atoms. The summed E-state index contributed by atoms with van der Waals surface area (Å²) in [6.07, 6.45) is 2.48. The van der Waals surface area contributed by atoms with Crippen LogP contribution < -0.4 is 10.1 Å². The van der Waals surface area contributed by atoms with Gasteiger partial charge in [-0.25, -0.2) is 4.79 Å². The van der Waals surface area contributed by atoms with E-state index in [0.29, 0.717) is 31.3 Å². The predicted octanol–water partition coefficient (Wildman–Crippen LogP) is 4.09. The van der Waals surface area contributed by atoms with Gasteiger partial charge in [-0.2, -0.15) is 4.98 Å². The third kappa shape index (κ3) is 5.84. The molecule has 1 saturated heterocycles. The lowest BCUT2D eigenvalue weighted by Gasteiger charge is -2.30. The molecule has 1 aliphatic rings. The maximum absolute atomic E-state index is 12.4. The number of amides is 2. The van der Waals surface area contributed by atoms with Gasteiger partial charge in [0.25, 0.3) is 5.89 Å². The Bertz CT molecular complexity index is 964. The fourth-order valence-electron chi connectivity index (χ4n) is 3.68. The Hall–Kier alpha value is -3.35. The summed E-state index contributed by atoms with van der Waals surface area (Å²) >= 11 is 0. The lowest BCUT2D eigenvalue weighted by molar-refractivity contribution is 0.180. The van der Waals surface area contributed by atoms with Gasteiger partial charge < -0.3 is 19.5 Å². The van der Waals surface area contributed by atoms with E-state index in [1.807, 2.05) is 54.3 Å². The monoisotopic (exact) mass is 420 g/mol. The third-order valence-electron chi connectivity index (χ3n) is 5.55. The van der Waals surface area contributed by atoms with Gasteiger partial charge in [-0.3, -0.25) is 0 Å². The molecule has 0 saturated carbocycles. The Kier molecular flexibility index (Phi) is 6.82. The number of nitrogens with one attached hydrogen (secondary N) is 1. The first kappa shape index (κ1) is 20.9. The van der Waals surface area contributed by atoms with Gasteiger partial charge in [0.05, 0.1) is 0 Å². The van der Waals surface area contributed by atoms with Crippen molar-refractivity contribution in [2.45, 2.75) is 38.7 Å². The van der Waals surface area contributed by atoms with E-state index in [0.717, 1.165) is 25.0 Å². The fourth-order valence-corrected chi connectivity index (χ4v) is 3.68. The van der Waals surface area contributed by atoms with E-state index in [2.05, 4.69) is 27.6 Å². The van der Waals surface area contributed by atoms with Gasteiger partial charge >= 0.3 is 6.03 Å². The van der Waals surface area contributed by atoms with Crippen LogP contribution in [0.5, 0.6) is 5.75 Å². The van der Waals surface area contributed by atoms with Crippen molar-refractivity contribution in [1.82, 2.24) is 20.4 Å². The van der Waals surface area contributed by atoms with Crippen LogP contribution in [0.3, 0.4) is 0 Å². The molecule has 7 heteroatoms. The highest BCUT2D eigenvalue weighted by Crippen LogP contribution is 2.26. The maximum atomic E-state index is 12.4. The molecule has 0 aliphatic carbocycles. The van der Waals surface area contributed by atoms with Crippen LogP contribution in [-0.2, 0) is 13.0 Å². The number of piperidine rings is 1. The Morgan fingerprint density at radius 3 is 2.61 bits per heavy atom. The van der Waals surface area contributed by atoms with Crippen molar-refractivity contribution in [3.8, 4) is 5.75 Å². The number of aromatic nitrogens is 2. The van der Waals surface area contributed by atoms with E-state index >= 15 is 0 Å². The zero-order chi connectivity index (χ0) is 21.5. The van der Waals surface area contributed by atoms with Crippen LogP contribution in [0, 0.1) is 6.92 Å². The van der Waals surface area contributed by atoms with Crippen LogP contribution in [0.25, 0.3) is 0 Å². The third-order valence-corrected chi connectivity index (χ3v) is 5.55. The first-order valence-electron chi connectivity index (χ1n) is 10.8. The maximum Gasteiger partial charge on any atom is 0.317 e. The van der Waals surface area contributed by atoms with Crippen molar-refractivity contribution in [1.29, 1.82) is 0 Å². The summed E-state index contributed by atoms with van der Waals surface area (Å²) < 4.78 is 11.1. The minimum Gasteiger partial charge on any atom is -0.484 e. The van der Waals surface area contributed by atoms with Crippen LogP contribution in [-0.4, -0.2) is 40.7 Å². The van der Waals surface area contributed by atoms with Crippen LogP contribution in [0.2, 0.25) is 0 Å². The smallest absolute Gasteiger partial charge is 0.317 e. The molecule has 0 bridgehead atoms. The number of ether oxygens (including phenoxy) is 1. The molecule has 0 spiro atoms. The molecule has 1 fully saturated rings. The van der Waals surface area contributed by atoms with Gasteiger partial charge in [0.1, 0.15) is 5.75 Å². The van der Waals surface area contributed by atoms with E-state index < -0.39 is 0 Å². The van der Waals surface area contributed by atoms with E-state index in [9.17, 15) is 4.79 Å². The number of carbonyl (C=O) groups is 1. The number of hydrogen-bond acceptors (Lipinski definition) is 5. The Labute approximate surface area is 182 Å². The molecule has 1 aliphatic heterocycles. The predicted molar refractivity (Wildman–Crippen MR) is 117 cm³/mol. The minimum atomic E-state index is -0.00493. The summed E-state index contributed by atoms with van der Waals surface area (Å²) in [5.74, 6) is 2.14. The molecular weight excluding hydrogens is 392 g/mol. The second-order valence-corrected chi connectivity index (χ2v) is 7.88. The molecule has 1 N–H and O–H groups in total. The van der Waals surface area contributed by atoms with Crippen LogP contribution in [0.15, 0.2) is 59.1 Å². The summed E-state index contributed by atoms with van der Waals surface area (Å²) in [4.78, 5) is 18.8. The SMILES string of the molecule is Cc1ccc(OCc2nc(C3CCN(C(=O)NCCc4ccccc4)CC3)no2)cc1. The number of likely N-dealkylation sites (tertiary alicyclic amines) is 1. The summed E-state index contributed by atoms with van der Waals surface area (Å²) in [6, 6.07) is 18.0. The first-order chi connectivity index (χ1) is 15.2. The van der Waals surface area contributed by atoms with Crippen molar-refractivity contribution in [3.63, 3.8) is 0 Å². The van der Waals surface area contributed by atoms with E-state index in [4.69, 9.17) is 9.26 Å². The number of hydrogen-bond donors (Lipinski definition) is 1. The number of benzene rings is 2. The van der Waals surface area contributed by atoms with Crippen molar-refractivity contribution in [2.24, 2.45) is 0 Å². The molecule has 2 aromatic carbocycles. The average molecular weight is 421 g/mol. The van der Waals surface area contributed by atoms with Gasteiger partial charge in [0, 0.05) is 25.6 Å². The first-order valence-corrected chi connectivity index (χ1v) is 10.8. The fraction of sp³-hybridized carbons (Fsp3) is 0.375. The summed E-state index contributed by atoms with van der Waals surface area (Å²) in [5.41, 5.74) is 2.41. The average Bonchev–Trinajstić information content (AvgIpc) is 3.28. The number of carbonyl (C=O) groups excluding carboxylic acids is 1. The van der Waals surface area contributed by atoms with Crippen molar-refractivity contribution < 1.29 is 14.1 Å². The number of rotatable bonds is 7. The zero-order valence-electron chi connectivity index (χ0n) is 17.8. The van der Waals surface area contributed by atoms with Crippen LogP contribution in [0.4, 0.5) is 4.79 Å². The van der Waals surface area contributed by atoms with Crippen LogP contribution in [0.1, 0.15) is 41.6 Å². The van der Waals surface area contributed by atoms with Crippen molar-refractivity contribution >= 4 is 6.03 Å². The van der Waals surface area contributed by atoms with Gasteiger partial charge in [0.15, 0.2) is 12.4 Å². The molecule has 2 heterocycles. The highest BCUT2D eigenvalue weighted by Gasteiger charge is 2.27. The molecule has 4 rings (SSSR count). The molecule has 2 amide bonds. The molecule has 0 unspecified atom stereocenters.